The lowest BCUT2D eigenvalue weighted by Crippen LogP contribution is -2.27. The third-order valence-electron chi connectivity index (χ3n) is 4.83. The highest BCUT2D eigenvalue weighted by atomic mass is 32.2. The maximum absolute atomic E-state index is 12.9. The SMILES string of the molecule is CCOc1cc(NC(=O)C2CCO[C@@H]2C)ccc1S(=O)(=O)Nc1cccc(OC(F)(F)F)c1. The van der Waals surface area contributed by atoms with Crippen LogP contribution in [0.5, 0.6) is 11.5 Å². The molecule has 8 nitrogen and oxygen atoms in total. The summed E-state index contributed by atoms with van der Waals surface area (Å²) in [5, 5.41) is 2.73. The fourth-order valence-corrected chi connectivity index (χ4v) is 4.53. The summed E-state index contributed by atoms with van der Waals surface area (Å²) in [6, 6.07) is 8.47. The van der Waals surface area contributed by atoms with Crippen LogP contribution in [0.1, 0.15) is 20.3 Å². The zero-order valence-corrected chi connectivity index (χ0v) is 18.6. The molecule has 1 saturated heterocycles. The van der Waals surface area contributed by atoms with Gasteiger partial charge < -0.3 is 19.5 Å². The van der Waals surface area contributed by atoms with Gasteiger partial charge in [0.15, 0.2) is 0 Å². The van der Waals surface area contributed by atoms with E-state index in [1.807, 2.05) is 0 Å². The van der Waals surface area contributed by atoms with Crippen molar-refractivity contribution < 1.29 is 40.6 Å². The molecule has 12 heteroatoms. The molecule has 1 aliphatic rings. The lowest BCUT2D eigenvalue weighted by molar-refractivity contribution is -0.274. The van der Waals surface area contributed by atoms with Gasteiger partial charge in [-0.2, -0.15) is 0 Å². The molecule has 1 aliphatic heterocycles. The Bertz CT molecular complexity index is 1110. The molecule has 33 heavy (non-hydrogen) atoms. The van der Waals surface area contributed by atoms with Crippen LogP contribution in [0.4, 0.5) is 24.5 Å². The molecule has 1 fully saturated rings. The van der Waals surface area contributed by atoms with Crippen LogP contribution >= 0.6 is 0 Å². The summed E-state index contributed by atoms with van der Waals surface area (Å²) in [5.74, 6) is -1.17. The van der Waals surface area contributed by atoms with E-state index < -0.39 is 22.1 Å². The van der Waals surface area contributed by atoms with E-state index in [1.165, 1.54) is 30.3 Å². The minimum absolute atomic E-state index is 0.0267. The van der Waals surface area contributed by atoms with Crippen molar-refractivity contribution in [3.05, 3.63) is 42.5 Å². The first kappa shape index (κ1) is 24.6. The number of anilines is 2. The predicted molar refractivity (Wildman–Crippen MR) is 114 cm³/mol. The Balaban J connectivity index is 1.82. The van der Waals surface area contributed by atoms with Gasteiger partial charge in [-0.3, -0.25) is 9.52 Å². The van der Waals surface area contributed by atoms with Crippen LogP contribution in [0.15, 0.2) is 47.4 Å². The van der Waals surface area contributed by atoms with Gasteiger partial charge in [0.2, 0.25) is 5.91 Å². The molecule has 0 radical (unpaired) electrons. The number of benzene rings is 2. The van der Waals surface area contributed by atoms with Crippen LogP contribution < -0.4 is 19.5 Å². The predicted octanol–water partition coefficient (Wildman–Crippen LogP) is 4.15. The zero-order valence-electron chi connectivity index (χ0n) is 17.8. The first-order chi connectivity index (χ1) is 15.5. The summed E-state index contributed by atoms with van der Waals surface area (Å²) in [4.78, 5) is 12.2. The number of sulfonamides is 1. The number of carbonyl (C=O) groups excluding carboxylic acids is 1. The summed E-state index contributed by atoms with van der Waals surface area (Å²) in [6.45, 7) is 4.09. The van der Waals surface area contributed by atoms with Crippen LogP contribution in [-0.4, -0.2) is 40.0 Å². The van der Waals surface area contributed by atoms with E-state index in [1.54, 1.807) is 13.8 Å². The van der Waals surface area contributed by atoms with E-state index in [2.05, 4.69) is 14.8 Å². The number of amides is 1. The molecule has 0 bridgehead atoms. The van der Waals surface area contributed by atoms with Gasteiger partial charge >= 0.3 is 6.36 Å². The number of hydrogen-bond donors (Lipinski definition) is 2. The molecule has 180 valence electrons. The third kappa shape index (κ3) is 6.51. The summed E-state index contributed by atoms with van der Waals surface area (Å²) in [7, 11) is -4.24. The van der Waals surface area contributed by atoms with E-state index in [-0.39, 0.29) is 40.9 Å². The van der Waals surface area contributed by atoms with Crippen molar-refractivity contribution in [2.75, 3.05) is 23.3 Å². The zero-order chi connectivity index (χ0) is 24.2. The molecule has 1 amide bonds. The Labute approximate surface area is 189 Å². The first-order valence-electron chi connectivity index (χ1n) is 10.1. The molecule has 2 N–H and O–H groups in total. The van der Waals surface area contributed by atoms with E-state index in [0.29, 0.717) is 18.7 Å². The van der Waals surface area contributed by atoms with Crippen LogP contribution in [0.2, 0.25) is 0 Å². The molecule has 0 aliphatic carbocycles. The fraction of sp³-hybridized carbons (Fsp3) is 0.381. The van der Waals surface area contributed by atoms with Gasteiger partial charge in [-0.25, -0.2) is 8.42 Å². The molecule has 2 atom stereocenters. The maximum atomic E-state index is 12.9. The Hall–Kier alpha value is -2.99. The fourth-order valence-electron chi connectivity index (χ4n) is 3.35. The molecule has 0 spiro atoms. The van der Waals surface area contributed by atoms with Crippen molar-refractivity contribution in [2.45, 2.75) is 37.6 Å². The van der Waals surface area contributed by atoms with Gasteiger partial charge in [-0.15, -0.1) is 13.2 Å². The number of hydrogen-bond acceptors (Lipinski definition) is 6. The lowest BCUT2D eigenvalue weighted by atomic mass is 10.0. The molecule has 1 unspecified atom stereocenters. The van der Waals surface area contributed by atoms with Crippen molar-refractivity contribution >= 4 is 27.3 Å². The quantitative estimate of drug-likeness (QED) is 0.579. The summed E-state index contributed by atoms with van der Waals surface area (Å²) in [5.41, 5.74) is 0.203. The van der Waals surface area contributed by atoms with E-state index >= 15 is 0 Å². The Morgan fingerprint density at radius 1 is 1.18 bits per heavy atom. The minimum atomic E-state index is -4.91. The summed E-state index contributed by atoms with van der Waals surface area (Å²) >= 11 is 0. The first-order valence-corrected chi connectivity index (χ1v) is 11.5. The molecule has 0 aromatic heterocycles. The molecule has 0 saturated carbocycles. The standard InChI is InChI=1S/C21H23F3N2O6S/c1-3-30-18-12-14(25-20(27)17-9-10-31-13(17)2)7-8-19(18)33(28,29)26-15-5-4-6-16(11-15)32-21(22,23)24/h4-8,11-13,17,26H,3,9-10H2,1-2H3,(H,25,27)/t13-,17?/m1/s1. The van der Waals surface area contributed by atoms with Gasteiger partial charge in [0.25, 0.3) is 10.0 Å². The van der Waals surface area contributed by atoms with Crippen LogP contribution in [-0.2, 0) is 19.6 Å². The molecular weight excluding hydrogens is 465 g/mol. The van der Waals surface area contributed by atoms with E-state index in [0.717, 1.165) is 12.1 Å². The van der Waals surface area contributed by atoms with Crippen molar-refractivity contribution in [1.29, 1.82) is 0 Å². The van der Waals surface area contributed by atoms with Gasteiger partial charge in [0.05, 0.1) is 24.3 Å². The Morgan fingerprint density at radius 3 is 2.58 bits per heavy atom. The van der Waals surface area contributed by atoms with Crippen LogP contribution in [0.25, 0.3) is 0 Å². The highest BCUT2D eigenvalue weighted by molar-refractivity contribution is 7.92. The van der Waals surface area contributed by atoms with Gasteiger partial charge in [-0.1, -0.05) is 6.07 Å². The number of alkyl halides is 3. The molecule has 3 rings (SSSR count). The lowest BCUT2D eigenvalue weighted by Gasteiger charge is -2.17. The van der Waals surface area contributed by atoms with Gasteiger partial charge in [0, 0.05) is 24.4 Å². The average molecular weight is 488 g/mol. The smallest absolute Gasteiger partial charge is 0.492 e. The Morgan fingerprint density at radius 2 is 1.94 bits per heavy atom. The van der Waals surface area contributed by atoms with Crippen molar-refractivity contribution in [1.82, 2.24) is 0 Å². The highest BCUT2D eigenvalue weighted by Gasteiger charge is 2.32. The summed E-state index contributed by atoms with van der Waals surface area (Å²) < 4.78 is 80.1. The van der Waals surface area contributed by atoms with Crippen LogP contribution in [0, 0.1) is 5.92 Å². The highest BCUT2D eigenvalue weighted by Crippen LogP contribution is 2.32. The number of carbonyl (C=O) groups is 1. The monoisotopic (exact) mass is 488 g/mol. The molecule has 2 aromatic carbocycles. The Kier molecular flexibility index (Phi) is 7.38. The number of nitrogens with one attached hydrogen (secondary N) is 2. The van der Waals surface area contributed by atoms with Crippen molar-refractivity contribution in [3.8, 4) is 11.5 Å². The van der Waals surface area contributed by atoms with Gasteiger partial charge in [0.1, 0.15) is 16.4 Å². The van der Waals surface area contributed by atoms with Crippen LogP contribution in [0.3, 0.4) is 0 Å². The van der Waals surface area contributed by atoms with E-state index in [4.69, 9.17) is 9.47 Å². The second kappa shape index (κ2) is 9.87. The minimum Gasteiger partial charge on any atom is -0.492 e. The average Bonchev–Trinajstić information content (AvgIpc) is 3.13. The number of rotatable bonds is 8. The number of ether oxygens (including phenoxy) is 3. The second-order valence-electron chi connectivity index (χ2n) is 7.24. The third-order valence-corrected chi connectivity index (χ3v) is 6.25. The largest absolute Gasteiger partial charge is 0.573 e. The van der Waals surface area contributed by atoms with Gasteiger partial charge in [-0.05, 0) is 44.5 Å². The number of halogens is 3. The second-order valence-corrected chi connectivity index (χ2v) is 8.89. The normalized spacial score (nSPS) is 18.6. The van der Waals surface area contributed by atoms with Crippen molar-refractivity contribution in [3.63, 3.8) is 0 Å². The molecular formula is C21H23F3N2O6S. The molecule has 1 heterocycles. The topological polar surface area (TPSA) is 103 Å². The maximum Gasteiger partial charge on any atom is 0.573 e. The van der Waals surface area contributed by atoms with Crippen molar-refractivity contribution in [2.24, 2.45) is 5.92 Å². The summed E-state index contributed by atoms with van der Waals surface area (Å²) in [6.07, 6.45) is -4.56. The van der Waals surface area contributed by atoms with E-state index in [9.17, 15) is 26.4 Å². The molecule has 2 aromatic rings.